The molecule has 35 heavy (non-hydrogen) atoms. The number of anilines is 1. The zero-order chi connectivity index (χ0) is 25.3. The van der Waals surface area contributed by atoms with Crippen molar-refractivity contribution in [2.24, 2.45) is 5.10 Å². The van der Waals surface area contributed by atoms with E-state index in [1.54, 1.807) is 36.4 Å². The standard InChI is InChI=1S/C27H31N3O4S/c1-4-34-25-16-14-24(15-17-25)30(35(32,33)26-18-10-21(2)11-19-26)20-27(31)29-28-22(3)12-13-23-8-6-5-7-9-23/h5-11,14-19H,4,12-13,20H2,1-3H3,(H,29,31)/b28-22-. The Kier molecular flexibility index (Phi) is 9.03. The van der Waals surface area contributed by atoms with Crippen molar-refractivity contribution in [2.45, 2.75) is 38.5 Å². The van der Waals surface area contributed by atoms with Crippen LogP contribution >= 0.6 is 0 Å². The van der Waals surface area contributed by atoms with Crippen molar-refractivity contribution in [3.05, 3.63) is 90.0 Å². The van der Waals surface area contributed by atoms with Gasteiger partial charge in [0.2, 0.25) is 0 Å². The third kappa shape index (κ3) is 7.42. The van der Waals surface area contributed by atoms with Gasteiger partial charge in [-0.3, -0.25) is 9.10 Å². The van der Waals surface area contributed by atoms with Crippen molar-refractivity contribution in [2.75, 3.05) is 17.5 Å². The van der Waals surface area contributed by atoms with Crippen molar-refractivity contribution in [1.29, 1.82) is 0 Å². The highest BCUT2D eigenvalue weighted by atomic mass is 32.2. The van der Waals surface area contributed by atoms with Crippen LogP contribution in [0.25, 0.3) is 0 Å². The Labute approximate surface area is 207 Å². The Bertz CT molecular complexity index is 1240. The minimum atomic E-state index is -3.99. The Morgan fingerprint density at radius 1 is 0.971 bits per heavy atom. The summed E-state index contributed by atoms with van der Waals surface area (Å²) in [5.74, 6) is 0.0839. The van der Waals surface area contributed by atoms with E-state index in [4.69, 9.17) is 4.74 Å². The van der Waals surface area contributed by atoms with Crippen LogP contribution in [0.4, 0.5) is 5.69 Å². The molecule has 0 saturated heterocycles. The predicted molar refractivity (Wildman–Crippen MR) is 139 cm³/mol. The molecule has 3 rings (SSSR count). The second kappa shape index (κ2) is 12.2. The molecule has 0 spiro atoms. The summed E-state index contributed by atoms with van der Waals surface area (Å²) in [5.41, 5.74) is 5.72. The van der Waals surface area contributed by atoms with Crippen molar-refractivity contribution < 1.29 is 17.9 Å². The molecule has 0 aromatic heterocycles. The molecule has 0 fully saturated rings. The van der Waals surface area contributed by atoms with Gasteiger partial charge in [0.05, 0.1) is 17.2 Å². The number of nitrogens with zero attached hydrogens (tertiary/aromatic N) is 2. The first-order valence-corrected chi connectivity index (χ1v) is 12.9. The van der Waals surface area contributed by atoms with E-state index in [0.29, 0.717) is 24.5 Å². The normalized spacial score (nSPS) is 11.7. The van der Waals surface area contributed by atoms with Gasteiger partial charge in [-0.2, -0.15) is 5.10 Å². The minimum Gasteiger partial charge on any atom is -0.494 e. The molecule has 0 aliphatic rings. The van der Waals surface area contributed by atoms with E-state index in [9.17, 15) is 13.2 Å². The maximum absolute atomic E-state index is 13.5. The zero-order valence-electron chi connectivity index (χ0n) is 20.3. The Morgan fingerprint density at radius 2 is 1.63 bits per heavy atom. The van der Waals surface area contributed by atoms with Gasteiger partial charge in [-0.05, 0) is 75.6 Å². The summed E-state index contributed by atoms with van der Waals surface area (Å²) < 4.78 is 33.5. The van der Waals surface area contributed by atoms with Crippen LogP contribution < -0.4 is 14.5 Å². The molecule has 0 saturated carbocycles. The van der Waals surface area contributed by atoms with E-state index in [0.717, 1.165) is 22.0 Å². The summed E-state index contributed by atoms with van der Waals surface area (Å²) in [4.78, 5) is 12.9. The molecule has 0 bridgehead atoms. The van der Waals surface area contributed by atoms with Gasteiger partial charge in [-0.1, -0.05) is 48.0 Å². The molecule has 1 N–H and O–H groups in total. The number of carbonyl (C=O) groups is 1. The predicted octanol–water partition coefficient (Wildman–Crippen LogP) is 4.71. The largest absolute Gasteiger partial charge is 0.494 e. The second-order valence-corrected chi connectivity index (χ2v) is 9.98. The number of hydrazone groups is 1. The quantitative estimate of drug-likeness (QED) is 0.309. The van der Waals surface area contributed by atoms with Gasteiger partial charge in [-0.15, -0.1) is 0 Å². The van der Waals surface area contributed by atoms with Gasteiger partial charge in [0, 0.05) is 5.71 Å². The van der Waals surface area contributed by atoms with E-state index >= 15 is 0 Å². The maximum Gasteiger partial charge on any atom is 0.264 e. The molecule has 3 aromatic carbocycles. The fourth-order valence-electron chi connectivity index (χ4n) is 3.38. The smallest absolute Gasteiger partial charge is 0.264 e. The average molecular weight is 494 g/mol. The lowest BCUT2D eigenvalue weighted by atomic mass is 10.1. The molecule has 7 nitrogen and oxygen atoms in total. The summed E-state index contributed by atoms with van der Waals surface area (Å²) >= 11 is 0. The lowest BCUT2D eigenvalue weighted by Gasteiger charge is -2.24. The number of hydrogen-bond acceptors (Lipinski definition) is 5. The summed E-state index contributed by atoms with van der Waals surface area (Å²) in [6, 6.07) is 23.1. The Balaban J connectivity index is 1.76. The summed E-state index contributed by atoms with van der Waals surface area (Å²) in [5, 5.41) is 4.17. The molecule has 0 radical (unpaired) electrons. The van der Waals surface area contributed by atoms with Gasteiger partial charge >= 0.3 is 0 Å². The second-order valence-electron chi connectivity index (χ2n) is 8.12. The van der Waals surface area contributed by atoms with Crippen LogP contribution in [0.5, 0.6) is 5.75 Å². The lowest BCUT2D eigenvalue weighted by molar-refractivity contribution is -0.119. The minimum absolute atomic E-state index is 0.104. The van der Waals surface area contributed by atoms with Crippen LogP contribution in [-0.2, 0) is 21.2 Å². The molecule has 0 aliphatic carbocycles. The molecular weight excluding hydrogens is 462 g/mol. The fourth-order valence-corrected chi connectivity index (χ4v) is 4.80. The summed E-state index contributed by atoms with van der Waals surface area (Å²) in [6.07, 6.45) is 1.47. The summed E-state index contributed by atoms with van der Waals surface area (Å²) in [7, 11) is -3.99. The third-order valence-electron chi connectivity index (χ3n) is 5.32. The lowest BCUT2D eigenvalue weighted by Crippen LogP contribution is -2.39. The van der Waals surface area contributed by atoms with E-state index in [2.05, 4.69) is 10.5 Å². The monoisotopic (exact) mass is 493 g/mol. The Morgan fingerprint density at radius 3 is 2.26 bits per heavy atom. The fraction of sp³-hybridized carbons (Fsp3) is 0.259. The highest BCUT2D eigenvalue weighted by Gasteiger charge is 2.27. The highest BCUT2D eigenvalue weighted by molar-refractivity contribution is 7.92. The number of aryl methyl sites for hydroxylation is 2. The highest BCUT2D eigenvalue weighted by Crippen LogP contribution is 2.26. The van der Waals surface area contributed by atoms with Crippen LogP contribution in [0.1, 0.15) is 31.4 Å². The summed E-state index contributed by atoms with van der Waals surface area (Å²) in [6.45, 7) is 5.66. The molecule has 0 heterocycles. The van der Waals surface area contributed by atoms with Crippen molar-refractivity contribution >= 4 is 27.3 Å². The van der Waals surface area contributed by atoms with E-state index in [-0.39, 0.29) is 4.90 Å². The number of sulfonamides is 1. The number of rotatable bonds is 11. The first-order valence-electron chi connectivity index (χ1n) is 11.5. The number of amides is 1. The average Bonchev–Trinajstić information content (AvgIpc) is 2.86. The maximum atomic E-state index is 13.5. The Hall–Kier alpha value is -3.65. The van der Waals surface area contributed by atoms with Crippen molar-refractivity contribution in [3.8, 4) is 5.75 Å². The SMILES string of the molecule is CCOc1ccc(N(CC(=O)N/N=C(/C)CCc2ccccc2)S(=O)(=O)c2ccc(C)cc2)cc1. The van der Waals surface area contributed by atoms with Gasteiger partial charge in [0.25, 0.3) is 15.9 Å². The van der Waals surface area contributed by atoms with Gasteiger partial charge in [-0.25, -0.2) is 13.8 Å². The first kappa shape index (κ1) is 26.0. The van der Waals surface area contributed by atoms with Crippen LogP contribution in [0, 0.1) is 6.92 Å². The van der Waals surface area contributed by atoms with E-state index in [1.807, 2.05) is 51.1 Å². The number of benzene rings is 3. The van der Waals surface area contributed by atoms with Gasteiger partial charge < -0.3 is 4.74 Å². The van der Waals surface area contributed by atoms with Crippen molar-refractivity contribution in [1.82, 2.24) is 5.43 Å². The number of carbonyl (C=O) groups excluding carboxylic acids is 1. The van der Waals surface area contributed by atoms with Crippen LogP contribution in [-0.4, -0.2) is 33.2 Å². The molecule has 0 aliphatic heterocycles. The van der Waals surface area contributed by atoms with E-state index in [1.165, 1.54) is 17.7 Å². The van der Waals surface area contributed by atoms with Gasteiger partial charge in [0.15, 0.2) is 0 Å². The molecular formula is C27H31N3O4S. The van der Waals surface area contributed by atoms with Crippen LogP contribution in [0.3, 0.4) is 0 Å². The van der Waals surface area contributed by atoms with Gasteiger partial charge in [0.1, 0.15) is 12.3 Å². The molecule has 0 unspecified atom stereocenters. The topological polar surface area (TPSA) is 88.1 Å². The first-order chi connectivity index (χ1) is 16.8. The number of ether oxygens (including phenoxy) is 1. The van der Waals surface area contributed by atoms with E-state index < -0.39 is 22.5 Å². The molecule has 184 valence electrons. The third-order valence-corrected chi connectivity index (χ3v) is 7.11. The number of hydrogen-bond donors (Lipinski definition) is 1. The molecule has 0 atom stereocenters. The zero-order valence-corrected chi connectivity index (χ0v) is 21.1. The number of nitrogens with one attached hydrogen (secondary N) is 1. The molecule has 1 amide bonds. The van der Waals surface area contributed by atoms with Crippen LogP contribution in [0.15, 0.2) is 88.9 Å². The van der Waals surface area contributed by atoms with Crippen LogP contribution in [0.2, 0.25) is 0 Å². The molecule has 8 heteroatoms. The molecule has 3 aromatic rings. The van der Waals surface area contributed by atoms with Crippen molar-refractivity contribution in [3.63, 3.8) is 0 Å².